The summed E-state index contributed by atoms with van der Waals surface area (Å²) in [4.78, 5) is 0. The van der Waals surface area contributed by atoms with Crippen molar-refractivity contribution in [1.29, 1.82) is 0 Å². The molecule has 3 unspecified atom stereocenters. The lowest BCUT2D eigenvalue weighted by Gasteiger charge is -2.64. The summed E-state index contributed by atoms with van der Waals surface area (Å²) in [5.41, 5.74) is 0.0372. The zero-order valence-electron chi connectivity index (χ0n) is 32.0. The van der Waals surface area contributed by atoms with Gasteiger partial charge in [-0.25, -0.2) is 0 Å². The van der Waals surface area contributed by atoms with Gasteiger partial charge in [-0.3, -0.25) is 0 Å². The minimum absolute atomic E-state index is 0.210. The minimum atomic E-state index is -1.95. The zero-order chi connectivity index (χ0) is 33.1. The second kappa shape index (κ2) is 12.6. The number of hydrogen-bond donors (Lipinski definition) is 1. The Labute approximate surface area is 277 Å². The SMILES string of the molecule is CCCCCCC(C)(O)[C@H]1CC[C@H]2[C@@H]3CC(O[Si](C)(C)C(C)(C)C)[C@H]4CC(O[Si](C)(C)C(C)(C)C)CC[C@]4(C)[C@H]3CC[C@]12C. The van der Waals surface area contributed by atoms with Crippen molar-refractivity contribution in [2.24, 2.45) is 40.4 Å². The van der Waals surface area contributed by atoms with E-state index in [1.807, 2.05) is 0 Å². The molecule has 0 aromatic rings. The van der Waals surface area contributed by atoms with Crippen molar-refractivity contribution in [3.05, 3.63) is 0 Å². The highest BCUT2D eigenvalue weighted by molar-refractivity contribution is 6.74. The first kappa shape index (κ1) is 37.1. The first-order valence-electron chi connectivity index (χ1n) is 19.1. The standard InChI is InChI=1S/C39H76O3Si2/c1-15-16-17-18-23-39(10,40)34-20-19-30-29-27-33(42-44(13,14)36(5,6)7)32-26-28(41-43(11,12)35(2,3)4)21-24-37(32,8)31(29)22-25-38(30,34)9/h28-34,40H,15-27H2,1-14H3/t28?,29-,30-,31-,32+,33?,34-,37+,38-,39?/m0/s1. The van der Waals surface area contributed by atoms with Gasteiger partial charge < -0.3 is 14.0 Å². The van der Waals surface area contributed by atoms with E-state index in [1.54, 1.807) is 0 Å². The predicted octanol–water partition coefficient (Wildman–Crippen LogP) is 11.8. The number of unbranched alkanes of at least 4 members (excludes halogenated alkanes) is 3. The molecule has 0 bridgehead atoms. The van der Waals surface area contributed by atoms with Crippen molar-refractivity contribution in [3.8, 4) is 0 Å². The van der Waals surface area contributed by atoms with E-state index in [1.165, 1.54) is 77.0 Å². The molecule has 0 aliphatic heterocycles. The quantitative estimate of drug-likeness (QED) is 0.189. The molecule has 0 aromatic carbocycles. The van der Waals surface area contributed by atoms with Crippen molar-refractivity contribution in [1.82, 2.24) is 0 Å². The molecule has 0 heterocycles. The van der Waals surface area contributed by atoms with Crippen molar-refractivity contribution in [2.75, 3.05) is 0 Å². The zero-order valence-corrected chi connectivity index (χ0v) is 34.0. The summed E-state index contributed by atoms with van der Waals surface area (Å²) in [6.45, 7) is 34.0. The Morgan fingerprint density at radius 1 is 0.682 bits per heavy atom. The maximum absolute atomic E-state index is 12.0. The van der Waals surface area contributed by atoms with E-state index in [2.05, 4.69) is 95.4 Å². The van der Waals surface area contributed by atoms with Crippen LogP contribution in [0.3, 0.4) is 0 Å². The summed E-state index contributed by atoms with van der Waals surface area (Å²) >= 11 is 0. The molecule has 1 N–H and O–H groups in total. The smallest absolute Gasteiger partial charge is 0.192 e. The summed E-state index contributed by atoms with van der Waals surface area (Å²) in [5, 5.41) is 12.4. The van der Waals surface area contributed by atoms with Gasteiger partial charge in [0.25, 0.3) is 0 Å². The fourth-order valence-electron chi connectivity index (χ4n) is 10.7. The van der Waals surface area contributed by atoms with Crippen LogP contribution in [0.15, 0.2) is 0 Å². The van der Waals surface area contributed by atoms with Crippen LogP contribution in [0.25, 0.3) is 0 Å². The molecule has 0 aromatic heterocycles. The van der Waals surface area contributed by atoms with Gasteiger partial charge in [-0.2, -0.15) is 0 Å². The third-order valence-electron chi connectivity index (χ3n) is 15.4. The van der Waals surface area contributed by atoms with Crippen LogP contribution in [0, 0.1) is 40.4 Å². The number of rotatable bonds is 10. The largest absolute Gasteiger partial charge is 0.414 e. The summed E-state index contributed by atoms with van der Waals surface area (Å²) < 4.78 is 14.7. The maximum Gasteiger partial charge on any atom is 0.192 e. The van der Waals surface area contributed by atoms with E-state index in [9.17, 15) is 5.11 Å². The van der Waals surface area contributed by atoms with Crippen LogP contribution in [-0.4, -0.2) is 39.6 Å². The average Bonchev–Trinajstić information content (AvgIpc) is 3.24. The van der Waals surface area contributed by atoms with E-state index in [0.717, 1.165) is 24.2 Å². The monoisotopic (exact) mass is 649 g/mol. The van der Waals surface area contributed by atoms with Crippen LogP contribution in [0.5, 0.6) is 0 Å². The van der Waals surface area contributed by atoms with Gasteiger partial charge in [-0.15, -0.1) is 0 Å². The fourth-order valence-corrected chi connectivity index (χ4v) is 13.5. The Hall–Kier alpha value is 0.314. The van der Waals surface area contributed by atoms with Gasteiger partial charge in [0.2, 0.25) is 0 Å². The molecule has 5 heteroatoms. The van der Waals surface area contributed by atoms with E-state index in [-0.39, 0.29) is 15.5 Å². The molecule has 258 valence electrons. The molecule has 0 spiro atoms. The Morgan fingerprint density at radius 3 is 1.84 bits per heavy atom. The molecule has 44 heavy (non-hydrogen) atoms. The van der Waals surface area contributed by atoms with Gasteiger partial charge >= 0.3 is 0 Å². The van der Waals surface area contributed by atoms with Crippen LogP contribution in [0.1, 0.15) is 153 Å². The first-order chi connectivity index (χ1) is 20.0. The van der Waals surface area contributed by atoms with E-state index >= 15 is 0 Å². The van der Waals surface area contributed by atoms with Gasteiger partial charge in [0.1, 0.15) is 0 Å². The van der Waals surface area contributed by atoms with Crippen LogP contribution in [0.2, 0.25) is 36.3 Å². The van der Waals surface area contributed by atoms with Crippen LogP contribution < -0.4 is 0 Å². The van der Waals surface area contributed by atoms with Crippen LogP contribution >= 0.6 is 0 Å². The van der Waals surface area contributed by atoms with Crippen molar-refractivity contribution in [2.45, 2.75) is 207 Å². The second-order valence-corrected chi connectivity index (χ2v) is 29.8. The molecule has 0 saturated heterocycles. The third-order valence-corrected chi connectivity index (χ3v) is 24.5. The van der Waals surface area contributed by atoms with E-state index < -0.39 is 22.2 Å². The van der Waals surface area contributed by atoms with Gasteiger partial charge in [0, 0.05) is 12.2 Å². The van der Waals surface area contributed by atoms with Crippen molar-refractivity contribution >= 4 is 16.6 Å². The van der Waals surface area contributed by atoms with E-state index in [4.69, 9.17) is 8.85 Å². The van der Waals surface area contributed by atoms with Crippen molar-refractivity contribution < 1.29 is 14.0 Å². The Bertz CT molecular complexity index is 977. The third kappa shape index (κ3) is 6.90. The van der Waals surface area contributed by atoms with Crippen LogP contribution in [-0.2, 0) is 8.85 Å². The molecule has 3 nitrogen and oxygen atoms in total. The van der Waals surface area contributed by atoms with Crippen molar-refractivity contribution in [3.63, 3.8) is 0 Å². The first-order valence-corrected chi connectivity index (χ1v) is 24.9. The Kier molecular flexibility index (Phi) is 10.7. The summed E-state index contributed by atoms with van der Waals surface area (Å²) in [7, 11) is -3.78. The second-order valence-electron chi connectivity index (χ2n) is 20.3. The number of aliphatic hydroxyl groups is 1. The van der Waals surface area contributed by atoms with Crippen LogP contribution in [0.4, 0.5) is 0 Å². The molecular weight excluding hydrogens is 573 g/mol. The lowest BCUT2D eigenvalue weighted by molar-refractivity contribution is -0.175. The highest BCUT2D eigenvalue weighted by atomic mass is 28.4. The fraction of sp³-hybridized carbons (Fsp3) is 1.00. The summed E-state index contributed by atoms with van der Waals surface area (Å²) in [6.07, 6.45) is 16.7. The minimum Gasteiger partial charge on any atom is -0.414 e. The highest BCUT2D eigenvalue weighted by Crippen LogP contribution is 2.69. The topological polar surface area (TPSA) is 38.7 Å². The normalized spacial score (nSPS) is 39.8. The lowest BCUT2D eigenvalue weighted by atomic mass is 9.43. The van der Waals surface area contributed by atoms with Gasteiger partial charge in [0.15, 0.2) is 16.6 Å². The highest BCUT2D eigenvalue weighted by Gasteiger charge is 2.65. The molecule has 10 atom stereocenters. The number of hydrogen-bond acceptors (Lipinski definition) is 3. The molecular formula is C39H76O3Si2. The Morgan fingerprint density at radius 2 is 1.25 bits per heavy atom. The maximum atomic E-state index is 12.0. The molecule has 4 aliphatic rings. The molecule has 4 saturated carbocycles. The predicted molar refractivity (Wildman–Crippen MR) is 194 cm³/mol. The number of fused-ring (bicyclic) bond motifs is 5. The molecule has 0 amide bonds. The molecule has 0 radical (unpaired) electrons. The molecule has 4 aliphatic carbocycles. The summed E-state index contributed by atoms with van der Waals surface area (Å²) in [5.74, 6) is 3.25. The van der Waals surface area contributed by atoms with E-state index in [0.29, 0.717) is 29.5 Å². The van der Waals surface area contributed by atoms with Gasteiger partial charge in [-0.05, 0) is 141 Å². The average molecular weight is 649 g/mol. The molecule has 4 fully saturated rings. The van der Waals surface area contributed by atoms with Gasteiger partial charge in [0.05, 0.1) is 5.60 Å². The molecule has 4 rings (SSSR count). The lowest BCUT2D eigenvalue weighted by Crippen LogP contribution is -2.61. The Balaban J connectivity index is 1.63. The summed E-state index contributed by atoms with van der Waals surface area (Å²) in [6, 6.07) is 0. The van der Waals surface area contributed by atoms with Gasteiger partial charge in [-0.1, -0.05) is 88.0 Å².